The van der Waals surface area contributed by atoms with E-state index in [1.54, 1.807) is 32.0 Å². The van der Waals surface area contributed by atoms with E-state index in [2.05, 4.69) is 5.10 Å². The maximum atomic E-state index is 11.6. The van der Waals surface area contributed by atoms with Gasteiger partial charge in [0.05, 0.1) is 26.4 Å². The van der Waals surface area contributed by atoms with Crippen molar-refractivity contribution in [3.8, 4) is 0 Å². The predicted molar refractivity (Wildman–Crippen MR) is 60.7 cm³/mol. The molecule has 96 valence electrons. The van der Waals surface area contributed by atoms with Crippen LogP contribution in [0.2, 0.25) is 0 Å². The van der Waals surface area contributed by atoms with Crippen LogP contribution in [0.25, 0.3) is 0 Å². The third kappa shape index (κ3) is 4.16. The Morgan fingerprint density at radius 3 is 2.88 bits per heavy atom. The molecule has 0 unspecified atom stereocenters. The molecule has 0 aliphatic heterocycles. The molecule has 0 saturated heterocycles. The van der Waals surface area contributed by atoms with Gasteiger partial charge in [0.2, 0.25) is 0 Å². The molecule has 0 N–H and O–H groups in total. The van der Waals surface area contributed by atoms with Gasteiger partial charge in [0, 0.05) is 20.4 Å². The molecule has 0 spiro atoms. The molecule has 1 aromatic heterocycles. The van der Waals surface area contributed by atoms with E-state index in [0.717, 1.165) is 0 Å². The Labute approximate surface area is 100 Å². The van der Waals surface area contributed by atoms with E-state index in [1.807, 2.05) is 0 Å². The molecule has 0 amide bonds. The van der Waals surface area contributed by atoms with E-state index in [1.165, 1.54) is 0 Å². The van der Waals surface area contributed by atoms with Crippen LogP contribution in [0.15, 0.2) is 6.20 Å². The number of aromatic nitrogens is 2. The highest BCUT2D eigenvalue weighted by Crippen LogP contribution is 2.09. The summed E-state index contributed by atoms with van der Waals surface area (Å²) < 4.78 is 16.7. The molecule has 0 aliphatic carbocycles. The van der Waals surface area contributed by atoms with Crippen LogP contribution in [0.4, 0.5) is 0 Å². The molecule has 1 aromatic rings. The molecule has 1 heterocycles. The molecule has 0 bridgehead atoms. The van der Waals surface area contributed by atoms with Gasteiger partial charge in [-0.15, -0.1) is 0 Å². The van der Waals surface area contributed by atoms with Crippen molar-refractivity contribution in [1.29, 1.82) is 0 Å². The maximum Gasteiger partial charge on any atom is 0.341 e. The Bertz CT molecular complexity index is 362. The highest BCUT2D eigenvalue weighted by Gasteiger charge is 2.16. The van der Waals surface area contributed by atoms with Crippen molar-refractivity contribution in [3.05, 3.63) is 17.5 Å². The average molecular weight is 242 g/mol. The zero-order chi connectivity index (χ0) is 12.7. The number of aryl methyl sites for hydroxylation is 1. The highest BCUT2D eigenvalue weighted by atomic mass is 16.5. The third-order valence-electron chi connectivity index (χ3n) is 2.07. The van der Waals surface area contributed by atoms with Crippen molar-refractivity contribution in [3.63, 3.8) is 0 Å². The van der Waals surface area contributed by atoms with Gasteiger partial charge in [0.25, 0.3) is 0 Å². The number of methoxy groups -OCH3 is 1. The van der Waals surface area contributed by atoms with E-state index in [9.17, 15) is 4.79 Å². The second kappa shape index (κ2) is 7.03. The molecular weight excluding hydrogens is 224 g/mol. The van der Waals surface area contributed by atoms with Gasteiger partial charge in [-0.2, -0.15) is 5.10 Å². The summed E-state index contributed by atoms with van der Waals surface area (Å²) in [6.45, 7) is 3.37. The zero-order valence-electron chi connectivity index (χ0n) is 10.4. The average Bonchev–Trinajstić information content (AvgIpc) is 2.66. The van der Waals surface area contributed by atoms with Crippen LogP contribution in [0.3, 0.4) is 0 Å². The first-order valence-corrected chi connectivity index (χ1v) is 5.45. The zero-order valence-corrected chi connectivity index (χ0v) is 10.4. The summed E-state index contributed by atoms with van der Waals surface area (Å²) in [7, 11) is 3.36. The van der Waals surface area contributed by atoms with Gasteiger partial charge in [-0.05, 0) is 6.92 Å². The summed E-state index contributed by atoms with van der Waals surface area (Å²) in [6, 6.07) is 0. The van der Waals surface area contributed by atoms with Crippen LogP contribution < -0.4 is 0 Å². The number of hydrogen-bond acceptors (Lipinski definition) is 5. The molecule has 17 heavy (non-hydrogen) atoms. The van der Waals surface area contributed by atoms with Crippen LogP contribution in [-0.4, -0.2) is 42.7 Å². The van der Waals surface area contributed by atoms with Crippen molar-refractivity contribution in [2.45, 2.75) is 13.5 Å². The number of esters is 1. The van der Waals surface area contributed by atoms with Crippen molar-refractivity contribution in [2.75, 3.05) is 26.9 Å². The molecule has 6 heteroatoms. The fourth-order valence-electron chi connectivity index (χ4n) is 1.33. The van der Waals surface area contributed by atoms with Crippen LogP contribution in [0.1, 0.15) is 23.0 Å². The lowest BCUT2D eigenvalue weighted by molar-refractivity contribution is 0.0496. The first kappa shape index (κ1) is 13.7. The molecule has 0 radical (unpaired) electrons. The molecule has 0 aliphatic rings. The first-order chi connectivity index (χ1) is 8.19. The topological polar surface area (TPSA) is 62.6 Å². The van der Waals surface area contributed by atoms with E-state index < -0.39 is 0 Å². The molecule has 0 atom stereocenters. The summed E-state index contributed by atoms with van der Waals surface area (Å²) in [5.74, 6) is -0.369. The number of carbonyl (C=O) groups is 1. The minimum Gasteiger partial charge on any atom is -0.462 e. The normalized spacial score (nSPS) is 10.5. The van der Waals surface area contributed by atoms with Crippen LogP contribution in [0.5, 0.6) is 0 Å². The van der Waals surface area contributed by atoms with Gasteiger partial charge >= 0.3 is 5.97 Å². The van der Waals surface area contributed by atoms with Gasteiger partial charge in [-0.3, -0.25) is 4.68 Å². The molecule has 1 rings (SSSR count). The van der Waals surface area contributed by atoms with E-state index in [4.69, 9.17) is 14.2 Å². The third-order valence-corrected chi connectivity index (χ3v) is 2.07. The predicted octanol–water partition coefficient (Wildman–Crippen LogP) is 0.760. The van der Waals surface area contributed by atoms with Gasteiger partial charge in [0.15, 0.2) is 0 Å². The summed E-state index contributed by atoms with van der Waals surface area (Å²) in [6.07, 6.45) is 1.63. The fraction of sp³-hybridized carbons (Fsp3) is 0.636. The summed E-state index contributed by atoms with van der Waals surface area (Å²) in [4.78, 5) is 11.6. The number of hydrogen-bond donors (Lipinski definition) is 0. The SMILES string of the molecule is CCOC(=O)c1cn(C)nc1COCCOC. The Hall–Kier alpha value is -1.40. The Morgan fingerprint density at radius 1 is 1.47 bits per heavy atom. The van der Waals surface area contributed by atoms with Gasteiger partial charge in [0.1, 0.15) is 11.3 Å². The number of nitrogens with zero attached hydrogens (tertiary/aromatic N) is 2. The van der Waals surface area contributed by atoms with Crippen molar-refractivity contribution in [1.82, 2.24) is 9.78 Å². The van der Waals surface area contributed by atoms with Gasteiger partial charge in [-0.1, -0.05) is 0 Å². The Balaban J connectivity index is 2.60. The lowest BCUT2D eigenvalue weighted by Crippen LogP contribution is -2.09. The summed E-state index contributed by atoms with van der Waals surface area (Å²) >= 11 is 0. The molecule has 0 saturated carbocycles. The van der Waals surface area contributed by atoms with Crippen LogP contribution >= 0.6 is 0 Å². The fourth-order valence-corrected chi connectivity index (χ4v) is 1.33. The molecule has 0 aromatic carbocycles. The van der Waals surface area contributed by atoms with Gasteiger partial charge in [-0.25, -0.2) is 4.79 Å². The Morgan fingerprint density at radius 2 is 2.24 bits per heavy atom. The monoisotopic (exact) mass is 242 g/mol. The number of rotatable bonds is 7. The summed E-state index contributed by atoms with van der Waals surface area (Å²) in [5.41, 5.74) is 1.04. The maximum absolute atomic E-state index is 11.6. The van der Waals surface area contributed by atoms with E-state index in [-0.39, 0.29) is 12.6 Å². The first-order valence-electron chi connectivity index (χ1n) is 5.45. The minimum absolute atomic E-state index is 0.276. The number of ether oxygens (including phenoxy) is 3. The van der Waals surface area contributed by atoms with E-state index >= 15 is 0 Å². The molecular formula is C11H18N2O4. The van der Waals surface area contributed by atoms with Crippen LogP contribution in [0, 0.1) is 0 Å². The lowest BCUT2D eigenvalue weighted by Gasteiger charge is -2.03. The standard InChI is InChI=1S/C11H18N2O4/c1-4-17-11(14)9-7-13(2)12-10(9)8-16-6-5-15-3/h7H,4-6,8H2,1-3H3. The molecule has 0 fully saturated rings. The number of carbonyl (C=O) groups excluding carboxylic acids is 1. The Kier molecular flexibility index (Phi) is 5.65. The molecule has 6 nitrogen and oxygen atoms in total. The van der Waals surface area contributed by atoms with Crippen molar-refractivity contribution in [2.24, 2.45) is 7.05 Å². The summed E-state index contributed by atoms with van der Waals surface area (Å²) in [5, 5.41) is 4.16. The minimum atomic E-state index is -0.369. The smallest absolute Gasteiger partial charge is 0.341 e. The second-order valence-corrected chi connectivity index (χ2v) is 3.43. The van der Waals surface area contributed by atoms with E-state index in [0.29, 0.717) is 31.1 Å². The quantitative estimate of drug-likeness (QED) is 0.522. The van der Waals surface area contributed by atoms with Crippen LogP contribution in [-0.2, 0) is 27.9 Å². The largest absolute Gasteiger partial charge is 0.462 e. The van der Waals surface area contributed by atoms with Crippen molar-refractivity contribution >= 4 is 5.97 Å². The second-order valence-electron chi connectivity index (χ2n) is 3.43. The lowest BCUT2D eigenvalue weighted by atomic mass is 10.2. The highest BCUT2D eigenvalue weighted by molar-refractivity contribution is 5.90. The van der Waals surface area contributed by atoms with Gasteiger partial charge < -0.3 is 14.2 Å². The van der Waals surface area contributed by atoms with Crippen molar-refractivity contribution < 1.29 is 19.0 Å².